The van der Waals surface area contributed by atoms with E-state index in [9.17, 15) is 4.79 Å². The first-order chi connectivity index (χ1) is 12.1. The van der Waals surface area contributed by atoms with Crippen LogP contribution in [-0.4, -0.2) is 15.8 Å². The number of rotatable bonds is 5. The number of benzene rings is 1. The fourth-order valence-corrected chi connectivity index (χ4v) is 3.29. The molecule has 4 nitrogen and oxygen atoms in total. The van der Waals surface area contributed by atoms with Crippen LogP contribution in [0.2, 0.25) is 5.02 Å². The smallest absolute Gasteiger partial charge is 0.167 e. The second kappa shape index (κ2) is 8.23. The lowest BCUT2D eigenvalue weighted by molar-refractivity contribution is -0.115. The maximum absolute atomic E-state index is 12.5. The molecule has 0 radical (unpaired) electrons. The zero-order valence-electron chi connectivity index (χ0n) is 13.6. The average molecular weight is 372 g/mol. The Morgan fingerprint density at radius 3 is 2.76 bits per heavy atom. The van der Waals surface area contributed by atoms with Crippen LogP contribution in [0, 0.1) is 0 Å². The van der Waals surface area contributed by atoms with E-state index >= 15 is 0 Å². The van der Waals surface area contributed by atoms with E-state index in [0.717, 1.165) is 29.8 Å². The molecular formula is C19H18ClN3OS. The van der Waals surface area contributed by atoms with Gasteiger partial charge < -0.3 is 10.6 Å². The molecule has 0 saturated carbocycles. The number of Topliss-reactive ketones (excluding diaryl/α,β-unsaturated/α-hetero) is 1. The van der Waals surface area contributed by atoms with Gasteiger partial charge in [-0.3, -0.25) is 9.78 Å². The Hall–Kier alpha value is -2.24. The van der Waals surface area contributed by atoms with E-state index in [1.807, 2.05) is 36.4 Å². The fraction of sp³-hybridized carbons (Fsp3) is 0.211. The minimum Gasteiger partial charge on any atom is -0.384 e. The van der Waals surface area contributed by atoms with Gasteiger partial charge in [-0.15, -0.1) is 0 Å². The van der Waals surface area contributed by atoms with Gasteiger partial charge in [-0.2, -0.15) is 0 Å². The molecule has 0 fully saturated rings. The van der Waals surface area contributed by atoms with Crippen LogP contribution in [0.25, 0.3) is 0 Å². The Kier molecular flexibility index (Phi) is 5.79. The van der Waals surface area contributed by atoms with Crippen LogP contribution in [-0.2, 0) is 11.3 Å². The van der Waals surface area contributed by atoms with E-state index in [-0.39, 0.29) is 5.78 Å². The summed E-state index contributed by atoms with van der Waals surface area (Å²) in [7, 11) is 0. The summed E-state index contributed by atoms with van der Waals surface area (Å²) in [5, 5.41) is 7.10. The SMILES string of the molecule is O=C1CCCC(NCc2ccncc2Cl)=C1C(=S)Nc1ccccc1. The molecule has 0 aliphatic heterocycles. The van der Waals surface area contributed by atoms with Crippen molar-refractivity contribution in [3.05, 3.63) is 70.6 Å². The van der Waals surface area contributed by atoms with Crippen molar-refractivity contribution in [2.24, 2.45) is 0 Å². The zero-order chi connectivity index (χ0) is 17.6. The lowest BCUT2D eigenvalue weighted by atomic mass is 9.94. The van der Waals surface area contributed by atoms with Gasteiger partial charge in [0.05, 0.1) is 10.6 Å². The second-order valence-corrected chi connectivity index (χ2v) is 6.59. The Balaban J connectivity index is 1.79. The predicted molar refractivity (Wildman–Crippen MR) is 105 cm³/mol. The maximum atomic E-state index is 12.5. The zero-order valence-corrected chi connectivity index (χ0v) is 15.2. The Labute approximate surface area is 157 Å². The van der Waals surface area contributed by atoms with Crippen LogP contribution in [0.3, 0.4) is 0 Å². The van der Waals surface area contributed by atoms with Crippen LogP contribution in [0.1, 0.15) is 24.8 Å². The van der Waals surface area contributed by atoms with E-state index in [4.69, 9.17) is 23.8 Å². The number of thiocarbonyl (C=S) groups is 1. The molecule has 0 atom stereocenters. The highest BCUT2D eigenvalue weighted by atomic mass is 35.5. The van der Waals surface area contributed by atoms with Gasteiger partial charge in [0.15, 0.2) is 5.78 Å². The summed E-state index contributed by atoms with van der Waals surface area (Å²) < 4.78 is 0. The molecule has 2 N–H and O–H groups in total. The largest absolute Gasteiger partial charge is 0.384 e. The summed E-state index contributed by atoms with van der Waals surface area (Å²) in [5.74, 6) is 0.0722. The van der Waals surface area contributed by atoms with Crippen molar-refractivity contribution in [3.8, 4) is 0 Å². The Morgan fingerprint density at radius 2 is 2.00 bits per heavy atom. The number of anilines is 1. The third-order valence-electron chi connectivity index (χ3n) is 4.02. The molecule has 1 aliphatic rings. The third kappa shape index (κ3) is 4.44. The van der Waals surface area contributed by atoms with Gasteiger partial charge in [-0.05, 0) is 36.6 Å². The molecule has 1 aliphatic carbocycles. The fourth-order valence-electron chi connectivity index (χ4n) is 2.75. The third-order valence-corrected chi connectivity index (χ3v) is 4.67. The number of ketones is 1. The molecule has 0 spiro atoms. The number of halogens is 1. The molecule has 1 aromatic heterocycles. The summed E-state index contributed by atoms with van der Waals surface area (Å²) in [6, 6.07) is 11.5. The molecule has 3 rings (SSSR count). The number of hydrogen-bond donors (Lipinski definition) is 2. The minimum atomic E-state index is 0.0722. The molecule has 0 bridgehead atoms. The van der Waals surface area contributed by atoms with Crippen LogP contribution >= 0.6 is 23.8 Å². The summed E-state index contributed by atoms with van der Waals surface area (Å²) in [6.07, 6.45) is 5.45. The highest BCUT2D eigenvalue weighted by Crippen LogP contribution is 2.23. The van der Waals surface area contributed by atoms with Crippen molar-refractivity contribution < 1.29 is 4.79 Å². The average Bonchev–Trinajstić information content (AvgIpc) is 2.62. The van der Waals surface area contributed by atoms with Crippen molar-refractivity contribution >= 4 is 40.3 Å². The number of aromatic nitrogens is 1. The van der Waals surface area contributed by atoms with Crippen LogP contribution < -0.4 is 10.6 Å². The quantitative estimate of drug-likeness (QED) is 0.768. The molecule has 128 valence electrons. The van der Waals surface area contributed by atoms with Gasteiger partial charge >= 0.3 is 0 Å². The van der Waals surface area contributed by atoms with Crippen molar-refractivity contribution in [2.75, 3.05) is 5.32 Å². The number of allylic oxidation sites excluding steroid dienone is 1. The van der Waals surface area contributed by atoms with E-state index < -0.39 is 0 Å². The lowest BCUT2D eigenvalue weighted by Gasteiger charge is -2.22. The maximum Gasteiger partial charge on any atom is 0.167 e. The van der Waals surface area contributed by atoms with Crippen molar-refractivity contribution in [1.82, 2.24) is 10.3 Å². The first-order valence-electron chi connectivity index (χ1n) is 8.10. The monoisotopic (exact) mass is 371 g/mol. The normalized spacial score (nSPS) is 14.4. The number of para-hydroxylation sites is 1. The molecule has 1 aromatic carbocycles. The highest BCUT2D eigenvalue weighted by Gasteiger charge is 2.24. The first-order valence-corrected chi connectivity index (χ1v) is 8.89. The first kappa shape index (κ1) is 17.6. The van der Waals surface area contributed by atoms with E-state index in [1.54, 1.807) is 12.4 Å². The van der Waals surface area contributed by atoms with Gasteiger partial charge in [0.25, 0.3) is 0 Å². The van der Waals surface area contributed by atoms with Crippen molar-refractivity contribution in [2.45, 2.75) is 25.8 Å². The van der Waals surface area contributed by atoms with Gasteiger partial charge in [-0.25, -0.2) is 0 Å². The summed E-state index contributed by atoms with van der Waals surface area (Å²) >= 11 is 11.7. The van der Waals surface area contributed by atoms with E-state index in [2.05, 4.69) is 15.6 Å². The second-order valence-electron chi connectivity index (χ2n) is 5.77. The highest BCUT2D eigenvalue weighted by molar-refractivity contribution is 7.81. The molecule has 0 unspecified atom stereocenters. The molecule has 0 saturated heterocycles. The summed E-state index contributed by atoms with van der Waals surface area (Å²) in [6.45, 7) is 0.529. The standard InChI is InChI=1S/C19H18ClN3OS/c20-15-12-21-10-9-13(15)11-22-16-7-4-8-17(24)18(16)19(25)23-14-5-2-1-3-6-14/h1-3,5-6,9-10,12,22H,4,7-8,11H2,(H,23,25). The predicted octanol–water partition coefficient (Wildman–Crippen LogP) is 4.27. The number of nitrogens with one attached hydrogen (secondary N) is 2. The van der Waals surface area contributed by atoms with Gasteiger partial charge in [0.2, 0.25) is 0 Å². The Morgan fingerprint density at radius 1 is 1.20 bits per heavy atom. The number of pyridine rings is 1. The lowest BCUT2D eigenvalue weighted by Crippen LogP contribution is -2.28. The van der Waals surface area contributed by atoms with Gasteiger partial charge in [0.1, 0.15) is 4.99 Å². The van der Waals surface area contributed by atoms with Gasteiger partial charge in [-0.1, -0.05) is 42.0 Å². The number of hydrogen-bond acceptors (Lipinski definition) is 4. The van der Waals surface area contributed by atoms with E-state index in [0.29, 0.717) is 28.5 Å². The van der Waals surface area contributed by atoms with E-state index in [1.165, 1.54) is 0 Å². The number of carbonyl (C=O) groups is 1. The van der Waals surface area contributed by atoms with Gasteiger partial charge in [0, 0.05) is 36.7 Å². The van der Waals surface area contributed by atoms with Crippen molar-refractivity contribution in [3.63, 3.8) is 0 Å². The number of carbonyl (C=O) groups excluding carboxylic acids is 1. The molecule has 25 heavy (non-hydrogen) atoms. The molecule has 2 aromatic rings. The summed E-state index contributed by atoms with van der Waals surface area (Å²) in [5.41, 5.74) is 3.26. The van der Waals surface area contributed by atoms with Crippen LogP contribution in [0.15, 0.2) is 60.1 Å². The minimum absolute atomic E-state index is 0.0722. The molecule has 6 heteroatoms. The Bertz CT molecular complexity index is 820. The number of nitrogens with zero attached hydrogens (tertiary/aromatic N) is 1. The van der Waals surface area contributed by atoms with Crippen LogP contribution in [0.4, 0.5) is 5.69 Å². The molecular weight excluding hydrogens is 354 g/mol. The molecule has 0 amide bonds. The molecule has 1 heterocycles. The topological polar surface area (TPSA) is 54.0 Å². The summed E-state index contributed by atoms with van der Waals surface area (Å²) in [4.78, 5) is 16.9. The van der Waals surface area contributed by atoms with Crippen LogP contribution in [0.5, 0.6) is 0 Å². The van der Waals surface area contributed by atoms with Crippen molar-refractivity contribution in [1.29, 1.82) is 0 Å².